The lowest BCUT2D eigenvalue weighted by molar-refractivity contribution is -0.870. The fraction of sp³-hybridized carbons (Fsp3) is 0.786. The Morgan fingerprint density at radius 1 is 0.545 bits per heavy atom. The van der Waals surface area contributed by atoms with Crippen LogP contribution in [-0.2, 0) is 27.9 Å². The minimum atomic E-state index is -4.45. The van der Waals surface area contributed by atoms with E-state index >= 15 is 0 Å². The number of carbonyl (C=O) groups is 2. The van der Waals surface area contributed by atoms with E-state index in [1.807, 2.05) is 39.4 Å². The van der Waals surface area contributed by atoms with E-state index in [-0.39, 0.29) is 31.5 Å². The van der Waals surface area contributed by atoms with Crippen LogP contribution in [0, 0.1) is 0 Å². The van der Waals surface area contributed by atoms with Gasteiger partial charge < -0.3 is 19.4 Å². The highest BCUT2D eigenvalue weighted by atomic mass is 31.2. The molecular weight excluding hydrogens is 844 g/mol. The number of likely N-dealkylation sites (N-methyl/N-ethyl adjacent to an activating group) is 1. The molecule has 66 heavy (non-hydrogen) atoms. The second kappa shape index (κ2) is 46.4. The molecule has 0 aliphatic heterocycles. The van der Waals surface area contributed by atoms with Crippen molar-refractivity contribution in [2.24, 2.45) is 0 Å². The average molecular weight is 948 g/mol. The molecule has 0 fully saturated rings. The van der Waals surface area contributed by atoms with Gasteiger partial charge in [-0.1, -0.05) is 204 Å². The average Bonchev–Trinajstić information content (AvgIpc) is 3.27. The van der Waals surface area contributed by atoms with E-state index in [0.29, 0.717) is 23.9 Å². The van der Waals surface area contributed by atoms with Gasteiger partial charge in [0.1, 0.15) is 19.3 Å². The van der Waals surface area contributed by atoms with Crippen molar-refractivity contribution in [2.75, 3.05) is 40.9 Å². The normalized spacial score (nSPS) is 14.3. The second-order valence-electron chi connectivity index (χ2n) is 19.4. The number of amides is 1. The maximum absolute atomic E-state index is 13.4. The Hall–Kier alpha value is -2.29. The molecule has 0 spiro atoms. The number of rotatable bonds is 48. The van der Waals surface area contributed by atoms with Crippen LogP contribution >= 0.6 is 7.82 Å². The summed E-state index contributed by atoms with van der Waals surface area (Å²) in [6, 6.07) is -0.864. The van der Waals surface area contributed by atoms with Crippen LogP contribution in [0.25, 0.3) is 0 Å². The number of allylic oxidation sites excluding steroid dienone is 9. The SMILES string of the molecule is CC/C=C/C=C/C=C\CCCCCCCC(=O)NC(COP(=O)(O)OCC[N+](C)(C)C)C(/C=C/CCCCCCCCCCCCC)OC(=O)CCCCC/C=C\CCCCCCCCC. The van der Waals surface area contributed by atoms with Gasteiger partial charge in [0.25, 0.3) is 0 Å². The summed E-state index contributed by atoms with van der Waals surface area (Å²) < 4.78 is 30.5. The zero-order valence-corrected chi connectivity index (χ0v) is 44.6. The highest BCUT2D eigenvalue weighted by Crippen LogP contribution is 2.43. The summed E-state index contributed by atoms with van der Waals surface area (Å²) in [4.78, 5) is 37.5. The van der Waals surface area contributed by atoms with Gasteiger partial charge in [-0.2, -0.15) is 0 Å². The van der Waals surface area contributed by atoms with Crippen molar-refractivity contribution in [1.82, 2.24) is 5.32 Å². The summed E-state index contributed by atoms with van der Waals surface area (Å²) in [5, 5.41) is 3.02. The molecule has 3 unspecified atom stereocenters. The number of phosphoric acid groups is 1. The van der Waals surface area contributed by atoms with E-state index in [2.05, 4.69) is 68.6 Å². The molecular formula is C56H104N2O7P+. The number of phosphoric ester groups is 1. The Morgan fingerprint density at radius 2 is 0.985 bits per heavy atom. The van der Waals surface area contributed by atoms with Crippen molar-refractivity contribution in [3.05, 3.63) is 60.8 Å². The first-order valence-corrected chi connectivity index (χ1v) is 28.6. The number of ether oxygens (including phenoxy) is 1. The molecule has 0 saturated carbocycles. The predicted octanol–water partition coefficient (Wildman–Crippen LogP) is 15.9. The Balaban J connectivity index is 5.48. The molecule has 10 heteroatoms. The number of esters is 1. The Morgan fingerprint density at radius 3 is 1.50 bits per heavy atom. The van der Waals surface area contributed by atoms with Gasteiger partial charge in [0.15, 0.2) is 0 Å². The van der Waals surface area contributed by atoms with Crippen molar-refractivity contribution < 1.29 is 37.3 Å². The molecule has 384 valence electrons. The zero-order chi connectivity index (χ0) is 48.7. The van der Waals surface area contributed by atoms with E-state index in [0.717, 1.165) is 89.9 Å². The lowest BCUT2D eigenvalue weighted by Crippen LogP contribution is -2.47. The summed E-state index contributed by atoms with van der Waals surface area (Å²) in [5.74, 6) is -0.548. The van der Waals surface area contributed by atoms with Gasteiger partial charge >= 0.3 is 13.8 Å². The summed E-state index contributed by atoms with van der Waals surface area (Å²) in [5.41, 5.74) is 0. The fourth-order valence-corrected chi connectivity index (χ4v) is 8.26. The van der Waals surface area contributed by atoms with E-state index in [1.54, 1.807) is 0 Å². The molecule has 9 nitrogen and oxygen atoms in total. The monoisotopic (exact) mass is 948 g/mol. The molecule has 0 radical (unpaired) electrons. The van der Waals surface area contributed by atoms with E-state index < -0.39 is 20.0 Å². The quantitative estimate of drug-likeness (QED) is 0.0156. The van der Waals surface area contributed by atoms with Gasteiger partial charge in [0.2, 0.25) is 5.91 Å². The Labute approximate surface area is 407 Å². The molecule has 3 atom stereocenters. The van der Waals surface area contributed by atoms with Gasteiger partial charge in [-0.05, 0) is 76.7 Å². The summed E-state index contributed by atoms with van der Waals surface area (Å²) in [6.45, 7) is 6.84. The number of quaternary nitrogens is 1. The third-order valence-corrected chi connectivity index (χ3v) is 12.7. The van der Waals surface area contributed by atoms with E-state index in [4.69, 9.17) is 13.8 Å². The summed E-state index contributed by atoms with van der Waals surface area (Å²) >= 11 is 0. The molecule has 0 rings (SSSR count). The number of nitrogens with zero attached hydrogens (tertiary/aromatic N) is 1. The van der Waals surface area contributed by atoms with Crippen LogP contribution in [0.5, 0.6) is 0 Å². The fourth-order valence-electron chi connectivity index (χ4n) is 7.52. The van der Waals surface area contributed by atoms with Crippen LogP contribution < -0.4 is 5.32 Å². The Bertz CT molecular complexity index is 1320. The molecule has 1 amide bonds. The second-order valence-corrected chi connectivity index (χ2v) is 20.9. The minimum Gasteiger partial charge on any atom is -0.456 e. The topological polar surface area (TPSA) is 111 Å². The van der Waals surface area contributed by atoms with Crippen molar-refractivity contribution >= 4 is 19.7 Å². The lowest BCUT2D eigenvalue weighted by Gasteiger charge is -2.27. The molecule has 0 aliphatic carbocycles. The van der Waals surface area contributed by atoms with Gasteiger partial charge in [0.05, 0.1) is 33.8 Å². The number of unbranched alkanes of at least 4 members (excludes halogenated alkanes) is 26. The van der Waals surface area contributed by atoms with Crippen LogP contribution in [0.3, 0.4) is 0 Å². The van der Waals surface area contributed by atoms with Gasteiger partial charge in [-0.25, -0.2) is 4.57 Å². The van der Waals surface area contributed by atoms with Crippen molar-refractivity contribution in [3.8, 4) is 0 Å². The third-order valence-electron chi connectivity index (χ3n) is 11.8. The highest BCUT2D eigenvalue weighted by molar-refractivity contribution is 7.47. The highest BCUT2D eigenvalue weighted by Gasteiger charge is 2.30. The molecule has 0 aromatic rings. The van der Waals surface area contributed by atoms with Gasteiger partial charge in [0, 0.05) is 12.8 Å². The first-order valence-electron chi connectivity index (χ1n) is 27.1. The Kier molecular flexibility index (Phi) is 44.8. The number of hydrogen-bond acceptors (Lipinski definition) is 6. The smallest absolute Gasteiger partial charge is 0.456 e. The molecule has 0 aromatic carbocycles. The van der Waals surface area contributed by atoms with Crippen LogP contribution in [0.2, 0.25) is 0 Å². The van der Waals surface area contributed by atoms with Crippen LogP contribution in [-0.4, -0.2) is 74.3 Å². The van der Waals surface area contributed by atoms with E-state index in [9.17, 15) is 19.0 Å². The van der Waals surface area contributed by atoms with Crippen molar-refractivity contribution in [2.45, 2.75) is 245 Å². The van der Waals surface area contributed by atoms with Gasteiger partial charge in [-0.15, -0.1) is 0 Å². The van der Waals surface area contributed by atoms with Crippen LogP contribution in [0.4, 0.5) is 0 Å². The van der Waals surface area contributed by atoms with E-state index in [1.165, 1.54) is 103 Å². The zero-order valence-electron chi connectivity index (χ0n) is 43.7. The molecule has 0 saturated heterocycles. The first kappa shape index (κ1) is 63.7. The number of hydrogen-bond donors (Lipinski definition) is 2. The van der Waals surface area contributed by atoms with Gasteiger partial charge in [-0.3, -0.25) is 18.6 Å². The molecule has 2 N–H and O–H groups in total. The van der Waals surface area contributed by atoms with Crippen molar-refractivity contribution in [3.63, 3.8) is 0 Å². The maximum Gasteiger partial charge on any atom is 0.472 e. The standard InChI is InChI=1S/C56H103N2O7P/c1-7-10-13-16-19-22-25-28-31-34-37-40-43-46-49-56(60)65-54(47-44-41-38-35-32-29-26-23-20-17-14-11-8-2)53(52-64-66(61,62)63-51-50-58(4,5)6)57-55(59)48-45-42-39-36-33-30-27-24-21-18-15-12-9-3/h12,15,18,21,24,27,31,34,44,47,53-54H,7-11,13-14,16-17,19-20,22-23,25-26,28-30,32-33,35-43,45-46,48-52H2,1-6H3,(H-,57,59,61,62)/p+1/b15-12+,21-18+,27-24-,34-31-,47-44+. The molecule has 0 heterocycles. The predicted molar refractivity (Wildman–Crippen MR) is 282 cm³/mol. The molecule has 0 aliphatic rings. The maximum atomic E-state index is 13.4. The molecule has 0 bridgehead atoms. The summed E-state index contributed by atoms with van der Waals surface area (Å²) in [7, 11) is 1.47. The van der Waals surface area contributed by atoms with Crippen molar-refractivity contribution in [1.29, 1.82) is 0 Å². The largest absolute Gasteiger partial charge is 0.472 e. The minimum absolute atomic E-state index is 0.0323. The summed E-state index contributed by atoms with van der Waals surface area (Å²) in [6.07, 6.45) is 56.4. The van der Waals surface area contributed by atoms with Crippen LogP contribution in [0.1, 0.15) is 233 Å². The number of carbonyl (C=O) groups excluding carboxylic acids is 2. The first-order chi connectivity index (χ1) is 31.9. The van der Waals surface area contributed by atoms with Crippen LogP contribution in [0.15, 0.2) is 60.8 Å². The third kappa shape index (κ3) is 46.8. The molecule has 0 aromatic heterocycles. The number of nitrogens with one attached hydrogen (secondary N) is 1. The lowest BCUT2D eigenvalue weighted by atomic mass is 10.0.